The molecule has 4 rings (SSSR count). The van der Waals surface area contributed by atoms with Gasteiger partial charge in [-0.05, 0) is 53.6 Å². The molecule has 1 heterocycles. The number of hydrogen-bond acceptors (Lipinski definition) is 4. The average molecular weight is 439 g/mol. The summed E-state index contributed by atoms with van der Waals surface area (Å²) >= 11 is 6.03. The van der Waals surface area contributed by atoms with Crippen molar-refractivity contribution in [2.24, 2.45) is 0 Å². The highest BCUT2D eigenvalue weighted by Crippen LogP contribution is 2.22. The van der Waals surface area contributed by atoms with E-state index in [2.05, 4.69) is 4.98 Å². The van der Waals surface area contributed by atoms with Crippen LogP contribution in [0.3, 0.4) is 0 Å². The fourth-order valence-corrected chi connectivity index (χ4v) is 3.46. The van der Waals surface area contributed by atoms with E-state index in [4.69, 9.17) is 20.8 Å². The van der Waals surface area contributed by atoms with Gasteiger partial charge < -0.3 is 14.1 Å². The van der Waals surface area contributed by atoms with Crippen LogP contribution in [0.15, 0.2) is 71.1 Å². The van der Waals surface area contributed by atoms with Crippen LogP contribution in [0.2, 0.25) is 5.02 Å². The number of carbonyl (C=O) groups is 1. The smallest absolute Gasteiger partial charge is 0.227 e. The molecule has 0 radical (unpaired) electrons. The lowest BCUT2D eigenvalue weighted by Crippen LogP contribution is -2.31. The van der Waals surface area contributed by atoms with Crippen molar-refractivity contribution < 1.29 is 18.3 Å². The van der Waals surface area contributed by atoms with Gasteiger partial charge in [0.2, 0.25) is 11.8 Å². The van der Waals surface area contributed by atoms with Crippen LogP contribution in [-0.2, 0) is 24.3 Å². The van der Waals surface area contributed by atoms with E-state index in [0.29, 0.717) is 34.3 Å². The van der Waals surface area contributed by atoms with Crippen molar-refractivity contribution in [3.8, 4) is 5.75 Å². The second-order valence-electron chi connectivity index (χ2n) is 7.12. The summed E-state index contributed by atoms with van der Waals surface area (Å²) in [5, 5.41) is 0.560. The van der Waals surface area contributed by atoms with Crippen molar-refractivity contribution in [3.63, 3.8) is 0 Å². The molecule has 1 aromatic heterocycles. The van der Waals surface area contributed by atoms with Gasteiger partial charge in [-0.15, -0.1) is 0 Å². The predicted molar refractivity (Wildman–Crippen MR) is 116 cm³/mol. The van der Waals surface area contributed by atoms with E-state index in [0.717, 1.165) is 11.1 Å². The van der Waals surface area contributed by atoms with Gasteiger partial charge in [-0.3, -0.25) is 4.79 Å². The third kappa shape index (κ3) is 5.22. The fourth-order valence-electron chi connectivity index (χ4n) is 3.29. The van der Waals surface area contributed by atoms with Crippen LogP contribution in [0.4, 0.5) is 4.39 Å². The third-order valence-electron chi connectivity index (χ3n) is 4.85. The highest BCUT2D eigenvalue weighted by molar-refractivity contribution is 6.31. The van der Waals surface area contributed by atoms with Gasteiger partial charge in [-0.1, -0.05) is 35.9 Å². The molecular formula is C24H20ClFN2O3. The lowest BCUT2D eigenvalue weighted by Gasteiger charge is -2.21. The highest BCUT2D eigenvalue weighted by Gasteiger charge is 2.19. The number of rotatable bonds is 7. The quantitative estimate of drug-likeness (QED) is 0.387. The number of hydrogen-bond donors (Lipinski definition) is 0. The van der Waals surface area contributed by atoms with Gasteiger partial charge in [0, 0.05) is 11.6 Å². The van der Waals surface area contributed by atoms with Gasteiger partial charge in [-0.2, -0.15) is 0 Å². The molecule has 0 N–H and O–H groups in total. The van der Waals surface area contributed by atoms with Crippen molar-refractivity contribution in [1.29, 1.82) is 0 Å². The number of benzene rings is 3. The first kappa shape index (κ1) is 20.9. The van der Waals surface area contributed by atoms with E-state index >= 15 is 0 Å². The number of amides is 1. The standard InChI is InChI=1S/C24H20ClFN2O3/c1-30-20-4-2-3-17(11-20)12-24(29)28(14-16-5-8-19(26)9-6-16)15-23-27-21-13-18(25)7-10-22(21)31-23/h2-11,13H,12,14-15H2,1H3. The zero-order valence-corrected chi connectivity index (χ0v) is 17.6. The molecule has 3 aromatic carbocycles. The summed E-state index contributed by atoms with van der Waals surface area (Å²) in [6, 6.07) is 18.6. The van der Waals surface area contributed by atoms with Crippen molar-refractivity contribution >= 4 is 28.6 Å². The van der Waals surface area contributed by atoms with Crippen LogP contribution < -0.4 is 4.74 Å². The van der Waals surface area contributed by atoms with Crippen LogP contribution in [0.1, 0.15) is 17.0 Å². The molecule has 7 heteroatoms. The number of aromatic nitrogens is 1. The molecule has 0 spiro atoms. The minimum Gasteiger partial charge on any atom is -0.497 e. The fraction of sp³-hybridized carbons (Fsp3) is 0.167. The molecule has 0 bridgehead atoms. The van der Waals surface area contributed by atoms with Crippen molar-refractivity contribution in [1.82, 2.24) is 9.88 Å². The van der Waals surface area contributed by atoms with Crippen LogP contribution >= 0.6 is 11.6 Å². The number of oxazole rings is 1. The molecule has 31 heavy (non-hydrogen) atoms. The molecule has 1 amide bonds. The summed E-state index contributed by atoms with van der Waals surface area (Å²) in [7, 11) is 1.58. The van der Waals surface area contributed by atoms with E-state index in [1.54, 1.807) is 42.3 Å². The molecule has 4 aromatic rings. The largest absolute Gasteiger partial charge is 0.497 e. The molecule has 0 aliphatic rings. The number of nitrogens with zero attached hydrogens (tertiary/aromatic N) is 2. The van der Waals surface area contributed by atoms with Crippen molar-refractivity contribution in [3.05, 3.63) is 94.6 Å². The summed E-state index contributed by atoms with van der Waals surface area (Å²) in [5.74, 6) is 0.649. The first-order valence-electron chi connectivity index (χ1n) is 9.70. The second kappa shape index (κ2) is 9.18. The molecule has 158 valence electrons. The molecule has 0 unspecified atom stereocenters. The van der Waals surface area contributed by atoms with Gasteiger partial charge in [-0.25, -0.2) is 9.37 Å². The van der Waals surface area contributed by atoms with Gasteiger partial charge in [0.15, 0.2) is 5.58 Å². The molecule has 0 aliphatic heterocycles. The maximum absolute atomic E-state index is 13.3. The Kier molecular flexibility index (Phi) is 6.18. The van der Waals surface area contributed by atoms with E-state index in [-0.39, 0.29) is 24.7 Å². The predicted octanol–water partition coefficient (Wildman–Crippen LogP) is 5.40. The van der Waals surface area contributed by atoms with Gasteiger partial charge in [0.05, 0.1) is 20.1 Å². The number of fused-ring (bicyclic) bond motifs is 1. The number of ether oxygens (including phenoxy) is 1. The second-order valence-corrected chi connectivity index (χ2v) is 7.56. The minimum absolute atomic E-state index is 0.113. The van der Waals surface area contributed by atoms with Crippen LogP contribution in [0.25, 0.3) is 11.1 Å². The SMILES string of the molecule is COc1cccc(CC(=O)N(Cc2ccc(F)cc2)Cc2nc3cc(Cl)ccc3o2)c1. The molecular weight excluding hydrogens is 419 g/mol. The van der Waals surface area contributed by atoms with Gasteiger partial charge in [0.1, 0.15) is 17.1 Å². The Bertz CT molecular complexity index is 1210. The Morgan fingerprint density at radius 1 is 1.06 bits per heavy atom. The Labute approximate surface area is 184 Å². The monoisotopic (exact) mass is 438 g/mol. The van der Waals surface area contributed by atoms with Gasteiger partial charge in [0.25, 0.3) is 0 Å². The van der Waals surface area contributed by atoms with Crippen LogP contribution in [0.5, 0.6) is 5.75 Å². The molecule has 0 saturated heterocycles. The summed E-state index contributed by atoms with van der Waals surface area (Å²) < 4.78 is 24.4. The summed E-state index contributed by atoms with van der Waals surface area (Å²) in [6.45, 7) is 0.467. The Hall–Kier alpha value is -3.38. The summed E-state index contributed by atoms with van der Waals surface area (Å²) in [4.78, 5) is 19.3. The van der Waals surface area contributed by atoms with Crippen molar-refractivity contribution in [2.75, 3.05) is 7.11 Å². The number of halogens is 2. The Balaban J connectivity index is 1.59. The van der Waals surface area contributed by atoms with Crippen molar-refractivity contribution in [2.45, 2.75) is 19.5 Å². The maximum Gasteiger partial charge on any atom is 0.227 e. The van der Waals surface area contributed by atoms with E-state index in [9.17, 15) is 9.18 Å². The topological polar surface area (TPSA) is 55.6 Å². The zero-order valence-electron chi connectivity index (χ0n) is 16.8. The molecule has 0 saturated carbocycles. The first-order chi connectivity index (χ1) is 15.0. The van der Waals surface area contributed by atoms with Crippen LogP contribution in [0, 0.1) is 5.82 Å². The normalized spacial score (nSPS) is 10.9. The highest BCUT2D eigenvalue weighted by atomic mass is 35.5. The lowest BCUT2D eigenvalue weighted by atomic mass is 10.1. The Morgan fingerprint density at radius 3 is 2.65 bits per heavy atom. The molecule has 0 aliphatic carbocycles. The number of methoxy groups -OCH3 is 1. The van der Waals surface area contributed by atoms with E-state index < -0.39 is 0 Å². The third-order valence-corrected chi connectivity index (χ3v) is 5.08. The average Bonchev–Trinajstić information content (AvgIpc) is 3.16. The van der Waals surface area contributed by atoms with E-state index in [1.807, 2.05) is 24.3 Å². The summed E-state index contributed by atoms with van der Waals surface area (Å²) in [6.07, 6.45) is 0.185. The molecule has 0 atom stereocenters. The van der Waals surface area contributed by atoms with Crippen LogP contribution in [-0.4, -0.2) is 22.9 Å². The molecule has 5 nitrogen and oxygen atoms in total. The minimum atomic E-state index is -0.325. The van der Waals surface area contributed by atoms with E-state index in [1.165, 1.54) is 12.1 Å². The van der Waals surface area contributed by atoms with Gasteiger partial charge >= 0.3 is 0 Å². The number of carbonyl (C=O) groups excluding carboxylic acids is 1. The lowest BCUT2D eigenvalue weighted by molar-refractivity contribution is -0.132. The maximum atomic E-state index is 13.3. The Morgan fingerprint density at radius 2 is 1.87 bits per heavy atom. The zero-order chi connectivity index (χ0) is 21.8. The first-order valence-corrected chi connectivity index (χ1v) is 10.1. The summed E-state index contributed by atoms with van der Waals surface area (Å²) in [5.41, 5.74) is 2.86. The molecule has 0 fully saturated rings.